The van der Waals surface area contributed by atoms with E-state index in [-0.39, 0.29) is 5.78 Å². The number of fused-ring (bicyclic) bond motifs is 1. The van der Waals surface area contributed by atoms with Crippen LogP contribution in [0.5, 0.6) is 0 Å². The van der Waals surface area contributed by atoms with Crippen LogP contribution in [0.15, 0.2) is 54.9 Å². The highest BCUT2D eigenvalue weighted by Gasteiger charge is 2.15. The van der Waals surface area contributed by atoms with E-state index in [4.69, 9.17) is 11.6 Å². The molecule has 2 aromatic carbocycles. The molecule has 0 saturated heterocycles. The number of aromatic nitrogens is 1. The second kappa shape index (κ2) is 5.06. The topological polar surface area (TPSA) is 30.0 Å². The summed E-state index contributed by atoms with van der Waals surface area (Å²) in [6, 6.07) is 13.1. The molecule has 0 aliphatic carbocycles. The number of rotatable bonds is 2. The first-order valence-electron chi connectivity index (χ1n) is 6.31. The highest BCUT2D eigenvalue weighted by molar-refractivity contribution is 6.32. The summed E-state index contributed by atoms with van der Waals surface area (Å²) in [4.78, 5) is 16.9. The predicted octanol–water partition coefficient (Wildman–Crippen LogP) is 4.43. The fraction of sp³-hybridized carbons (Fsp3) is 0.0588. The fourth-order valence-electron chi connectivity index (χ4n) is 2.30. The van der Waals surface area contributed by atoms with Crippen molar-refractivity contribution in [2.24, 2.45) is 0 Å². The van der Waals surface area contributed by atoms with E-state index < -0.39 is 0 Å². The van der Waals surface area contributed by atoms with Crippen LogP contribution < -0.4 is 0 Å². The Morgan fingerprint density at radius 3 is 2.65 bits per heavy atom. The van der Waals surface area contributed by atoms with Crippen LogP contribution in [0.4, 0.5) is 0 Å². The van der Waals surface area contributed by atoms with Gasteiger partial charge in [0, 0.05) is 33.9 Å². The molecule has 3 aromatic rings. The van der Waals surface area contributed by atoms with Gasteiger partial charge in [0.2, 0.25) is 0 Å². The minimum atomic E-state index is -0.0469. The number of ketones is 1. The number of carbonyl (C=O) groups excluding carboxylic acids is 1. The van der Waals surface area contributed by atoms with Crippen LogP contribution in [-0.4, -0.2) is 10.8 Å². The molecule has 0 atom stereocenters. The molecular formula is C17H12ClNO. The first-order chi connectivity index (χ1) is 9.68. The Labute approximate surface area is 122 Å². The van der Waals surface area contributed by atoms with Gasteiger partial charge in [0.15, 0.2) is 5.78 Å². The maximum atomic E-state index is 12.7. The van der Waals surface area contributed by atoms with Gasteiger partial charge >= 0.3 is 0 Å². The van der Waals surface area contributed by atoms with Crippen molar-refractivity contribution in [1.82, 2.24) is 4.98 Å². The van der Waals surface area contributed by atoms with Gasteiger partial charge in [-0.05, 0) is 23.9 Å². The Balaban J connectivity index is 2.21. The van der Waals surface area contributed by atoms with E-state index in [1.165, 1.54) is 0 Å². The highest BCUT2D eigenvalue weighted by Crippen LogP contribution is 2.24. The number of carbonyl (C=O) groups is 1. The van der Waals surface area contributed by atoms with E-state index in [1.807, 2.05) is 31.2 Å². The van der Waals surface area contributed by atoms with Gasteiger partial charge in [-0.15, -0.1) is 0 Å². The molecule has 3 heteroatoms. The lowest BCUT2D eigenvalue weighted by molar-refractivity contribution is 0.103. The number of pyridine rings is 1. The lowest BCUT2D eigenvalue weighted by atomic mass is 9.97. The Hall–Kier alpha value is -2.19. The third-order valence-corrected chi connectivity index (χ3v) is 3.83. The zero-order chi connectivity index (χ0) is 14.1. The van der Waals surface area contributed by atoms with Crippen molar-refractivity contribution in [3.05, 3.63) is 76.6 Å². The van der Waals surface area contributed by atoms with Gasteiger partial charge in [-0.2, -0.15) is 0 Å². The third kappa shape index (κ3) is 2.08. The van der Waals surface area contributed by atoms with Crippen LogP contribution in [0.25, 0.3) is 10.8 Å². The van der Waals surface area contributed by atoms with Crippen LogP contribution >= 0.6 is 11.6 Å². The molecule has 0 spiro atoms. The number of hydrogen-bond acceptors (Lipinski definition) is 2. The molecule has 0 amide bonds. The van der Waals surface area contributed by atoms with Crippen molar-refractivity contribution in [3.8, 4) is 0 Å². The number of hydrogen-bond donors (Lipinski definition) is 0. The Morgan fingerprint density at radius 2 is 1.80 bits per heavy atom. The molecule has 0 bridgehead atoms. The molecule has 0 N–H and O–H groups in total. The summed E-state index contributed by atoms with van der Waals surface area (Å²) in [5, 5.41) is 2.47. The molecule has 0 fully saturated rings. The van der Waals surface area contributed by atoms with Crippen molar-refractivity contribution in [1.29, 1.82) is 0 Å². The van der Waals surface area contributed by atoms with Crippen LogP contribution in [0.1, 0.15) is 21.5 Å². The van der Waals surface area contributed by atoms with Crippen LogP contribution in [0.3, 0.4) is 0 Å². The van der Waals surface area contributed by atoms with Gasteiger partial charge in [0.25, 0.3) is 0 Å². The van der Waals surface area contributed by atoms with E-state index in [0.717, 1.165) is 16.3 Å². The van der Waals surface area contributed by atoms with Gasteiger partial charge in [-0.25, -0.2) is 0 Å². The van der Waals surface area contributed by atoms with Crippen LogP contribution in [-0.2, 0) is 0 Å². The zero-order valence-electron chi connectivity index (χ0n) is 10.9. The lowest BCUT2D eigenvalue weighted by Crippen LogP contribution is -2.05. The van der Waals surface area contributed by atoms with Gasteiger partial charge in [0.1, 0.15) is 0 Å². The number of benzene rings is 2. The first kappa shape index (κ1) is 12.8. The van der Waals surface area contributed by atoms with Gasteiger partial charge in [0.05, 0.1) is 0 Å². The molecular weight excluding hydrogens is 270 g/mol. The standard InChI is InChI=1S/C17H12ClNO/c1-11-13(7-4-8-16(11)18)17(20)15-10-19-9-12-5-2-3-6-14(12)15/h2-10H,1H3. The summed E-state index contributed by atoms with van der Waals surface area (Å²) < 4.78 is 0. The monoisotopic (exact) mass is 281 g/mol. The smallest absolute Gasteiger partial charge is 0.195 e. The second-order valence-corrected chi connectivity index (χ2v) is 5.06. The summed E-state index contributed by atoms with van der Waals surface area (Å²) in [5.74, 6) is -0.0469. The summed E-state index contributed by atoms with van der Waals surface area (Å²) in [7, 11) is 0. The van der Waals surface area contributed by atoms with Gasteiger partial charge in [-0.3, -0.25) is 9.78 Å². The highest BCUT2D eigenvalue weighted by atomic mass is 35.5. The number of nitrogens with zero attached hydrogens (tertiary/aromatic N) is 1. The summed E-state index contributed by atoms with van der Waals surface area (Å²) in [5.41, 5.74) is 2.02. The maximum Gasteiger partial charge on any atom is 0.195 e. The van der Waals surface area contributed by atoms with Crippen molar-refractivity contribution < 1.29 is 4.79 Å². The molecule has 0 aliphatic rings. The number of halogens is 1. The minimum Gasteiger partial charge on any atom is -0.289 e. The normalized spacial score (nSPS) is 10.7. The summed E-state index contributed by atoms with van der Waals surface area (Å²) in [6.07, 6.45) is 3.38. The van der Waals surface area contributed by atoms with E-state index in [0.29, 0.717) is 16.1 Å². The molecule has 0 unspecified atom stereocenters. The van der Waals surface area contributed by atoms with E-state index in [9.17, 15) is 4.79 Å². The zero-order valence-corrected chi connectivity index (χ0v) is 11.7. The summed E-state index contributed by atoms with van der Waals surface area (Å²) >= 11 is 6.10. The second-order valence-electron chi connectivity index (χ2n) is 4.65. The fourth-order valence-corrected chi connectivity index (χ4v) is 2.47. The van der Waals surface area contributed by atoms with Crippen molar-refractivity contribution in [2.45, 2.75) is 6.92 Å². The summed E-state index contributed by atoms with van der Waals surface area (Å²) in [6.45, 7) is 1.86. The molecule has 0 aliphatic heterocycles. The molecule has 20 heavy (non-hydrogen) atoms. The molecule has 98 valence electrons. The Kier molecular flexibility index (Phi) is 3.25. The average molecular weight is 282 g/mol. The molecule has 3 rings (SSSR count). The van der Waals surface area contributed by atoms with E-state index >= 15 is 0 Å². The molecule has 1 heterocycles. The molecule has 0 saturated carbocycles. The predicted molar refractivity (Wildman–Crippen MR) is 81.4 cm³/mol. The average Bonchev–Trinajstić information content (AvgIpc) is 2.49. The van der Waals surface area contributed by atoms with E-state index in [2.05, 4.69) is 4.98 Å². The Morgan fingerprint density at radius 1 is 1.00 bits per heavy atom. The maximum absolute atomic E-state index is 12.7. The lowest BCUT2D eigenvalue weighted by Gasteiger charge is -2.08. The minimum absolute atomic E-state index is 0.0469. The largest absolute Gasteiger partial charge is 0.289 e. The van der Waals surface area contributed by atoms with Crippen molar-refractivity contribution in [2.75, 3.05) is 0 Å². The van der Waals surface area contributed by atoms with Crippen molar-refractivity contribution in [3.63, 3.8) is 0 Å². The van der Waals surface area contributed by atoms with Crippen LogP contribution in [0.2, 0.25) is 5.02 Å². The first-order valence-corrected chi connectivity index (χ1v) is 6.69. The van der Waals surface area contributed by atoms with Crippen LogP contribution in [0, 0.1) is 6.92 Å². The van der Waals surface area contributed by atoms with E-state index in [1.54, 1.807) is 30.6 Å². The molecule has 2 nitrogen and oxygen atoms in total. The quantitative estimate of drug-likeness (QED) is 0.651. The molecule has 0 radical (unpaired) electrons. The van der Waals surface area contributed by atoms with Gasteiger partial charge < -0.3 is 0 Å². The Bertz CT molecular complexity index is 806. The van der Waals surface area contributed by atoms with Crippen molar-refractivity contribution >= 4 is 28.2 Å². The van der Waals surface area contributed by atoms with Gasteiger partial charge in [-0.1, -0.05) is 48.0 Å². The SMILES string of the molecule is Cc1c(Cl)cccc1C(=O)c1cncc2ccccc12. The molecule has 1 aromatic heterocycles. The third-order valence-electron chi connectivity index (χ3n) is 3.43.